The van der Waals surface area contributed by atoms with Gasteiger partial charge >= 0.3 is 0 Å². The van der Waals surface area contributed by atoms with Gasteiger partial charge in [-0.25, -0.2) is 0 Å². The smallest absolute Gasteiger partial charge is 0.263 e. The number of hydrogen-bond donors (Lipinski definition) is 2. The van der Waals surface area contributed by atoms with Crippen LogP contribution in [0.5, 0.6) is 5.75 Å². The highest BCUT2D eigenvalue weighted by molar-refractivity contribution is 6.00. The minimum atomic E-state index is -0.645. The van der Waals surface area contributed by atoms with E-state index in [1.807, 2.05) is 6.07 Å². The van der Waals surface area contributed by atoms with Gasteiger partial charge in [0.15, 0.2) is 11.5 Å². The van der Waals surface area contributed by atoms with Gasteiger partial charge in [-0.3, -0.25) is 9.59 Å². The first kappa shape index (κ1) is 14.8. The number of H-pyrrole nitrogens is 1. The fourth-order valence-corrected chi connectivity index (χ4v) is 2.46. The van der Waals surface area contributed by atoms with Crippen LogP contribution in [0.3, 0.4) is 0 Å². The molecule has 0 amide bonds. The minimum Gasteiger partial charge on any atom is -0.506 e. The Balaban J connectivity index is 2.40. The average molecular weight is 310 g/mol. The van der Waals surface area contributed by atoms with Crippen LogP contribution in [0, 0.1) is 6.92 Å². The number of nitrogens with one attached hydrogen (secondary N) is 1. The Morgan fingerprint density at radius 3 is 2.52 bits per heavy atom. The van der Waals surface area contributed by atoms with E-state index in [1.165, 1.54) is 6.92 Å². The summed E-state index contributed by atoms with van der Waals surface area (Å²) in [6.07, 6.45) is 0. The van der Waals surface area contributed by atoms with Crippen molar-refractivity contribution in [2.45, 2.75) is 13.8 Å². The summed E-state index contributed by atoms with van der Waals surface area (Å²) in [4.78, 5) is 26.5. The van der Waals surface area contributed by atoms with E-state index in [4.69, 9.17) is 4.52 Å². The molecule has 3 aromatic rings. The standard InChI is InChI=1S/C17H14N2O4/c1-9-8-12(23-19-9)14-15(11-6-4-3-5-7-11)18-17(22)13(10(2)20)16(14)21/h3-8H,1-2H3,(H2,18,21,22). The van der Waals surface area contributed by atoms with Crippen molar-refractivity contribution in [2.24, 2.45) is 0 Å². The number of carbonyl (C=O) groups excluding carboxylic acids is 1. The van der Waals surface area contributed by atoms with Crippen LogP contribution in [0.15, 0.2) is 45.7 Å². The van der Waals surface area contributed by atoms with Gasteiger partial charge in [-0.2, -0.15) is 0 Å². The van der Waals surface area contributed by atoms with Crippen LogP contribution < -0.4 is 5.56 Å². The van der Waals surface area contributed by atoms with Gasteiger partial charge in [0, 0.05) is 6.07 Å². The quantitative estimate of drug-likeness (QED) is 0.725. The van der Waals surface area contributed by atoms with Crippen LogP contribution in [-0.4, -0.2) is 21.0 Å². The fourth-order valence-electron chi connectivity index (χ4n) is 2.46. The molecule has 0 aliphatic carbocycles. The van der Waals surface area contributed by atoms with Crippen LogP contribution in [-0.2, 0) is 0 Å². The summed E-state index contributed by atoms with van der Waals surface area (Å²) in [6.45, 7) is 2.96. The van der Waals surface area contributed by atoms with Crippen molar-refractivity contribution in [1.29, 1.82) is 0 Å². The van der Waals surface area contributed by atoms with Gasteiger partial charge in [-0.05, 0) is 19.4 Å². The van der Waals surface area contributed by atoms with Crippen LogP contribution in [0.1, 0.15) is 23.0 Å². The van der Waals surface area contributed by atoms with Gasteiger partial charge in [0.1, 0.15) is 11.3 Å². The summed E-state index contributed by atoms with van der Waals surface area (Å²) in [6, 6.07) is 10.6. The predicted octanol–water partition coefficient (Wildman–Crippen LogP) is 2.91. The molecule has 0 atom stereocenters. The molecule has 0 bridgehead atoms. The molecular weight excluding hydrogens is 296 g/mol. The molecule has 2 N–H and O–H groups in total. The van der Waals surface area contributed by atoms with Gasteiger partial charge in [0.05, 0.1) is 17.0 Å². The van der Waals surface area contributed by atoms with Gasteiger partial charge in [0.25, 0.3) is 5.56 Å². The molecule has 2 aromatic heterocycles. The van der Waals surface area contributed by atoms with E-state index in [9.17, 15) is 14.7 Å². The lowest BCUT2D eigenvalue weighted by Crippen LogP contribution is -2.17. The molecule has 0 fully saturated rings. The first-order valence-corrected chi connectivity index (χ1v) is 6.98. The maximum atomic E-state index is 12.2. The molecule has 0 spiro atoms. The SMILES string of the molecule is CC(=O)c1c(O)c(-c2cc(C)no2)c(-c2ccccc2)[nH]c1=O. The Hall–Kier alpha value is -3.15. The lowest BCUT2D eigenvalue weighted by Gasteiger charge is -2.11. The molecule has 0 saturated carbocycles. The highest BCUT2D eigenvalue weighted by Crippen LogP contribution is 2.38. The normalized spacial score (nSPS) is 10.7. The lowest BCUT2D eigenvalue weighted by atomic mass is 9.99. The zero-order valence-corrected chi connectivity index (χ0v) is 12.6. The van der Waals surface area contributed by atoms with Crippen LogP contribution in [0.2, 0.25) is 0 Å². The maximum Gasteiger partial charge on any atom is 0.263 e. The highest BCUT2D eigenvalue weighted by atomic mass is 16.5. The number of ketones is 1. The molecule has 3 rings (SSSR count). The number of aromatic nitrogens is 2. The second-order valence-electron chi connectivity index (χ2n) is 5.18. The van der Waals surface area contributed by atoms with Crippen molar-refractivity contribution in [3.63, 3.8) is 0 Å². The molecule has 6 nitrogen and oxygen atoms in total. The van der Waals surface area contributed by atoms with Gasteiger partial charge in [0.2, 0.25) is 0 Å². The fraction of sp³-hybridized carbons (Fsp3) is 0.118. The third-order valence-corrected chi connectivity index (χ3v) is 3.48. The Morgan fingerprint density at radius 1 is 1.26 bits per heavy atom. The largest absolute Gasteiger partial charge is 0.506 e. The number of hydrogen-bond acceptors (Lipinski definition) is 5. The third-order valence-electron chi connectivity index (χ3n) is 3.48. The van der Waals surface area contributed by atoms with Crippen LogP contribution in [0.4, 0.5) is 0 Å². The Kier molecular flexibility index (Phi) is 3.57. The monoisotopic (exact) mass is 310 g/mol. The van der Waals surface area contributed by atoms with E-state index < -0.39 is 17.1 Å². The first-order valence-electron chi connectivity index (χ1n) is 6.98. The van der Waals surface area contributed by atoms with Crippen LogP contribution in [0.25, 0.3) is 22.6 Å². The molecule has 0 radical (unpaired) electrons. The van der Waals surface area contributed by atoms with E-state index in [1.54, 1.807) is 37.3 Å². The number of pyridine rings is 1. The second-order valence-corrected chi connectivity index (χ2v) is 5.18. The van der Waals surface area contributed by atoms with Crippen molar-refractivity contribution in [2.75, 3.05) is 0 Å². The molecule has 0 aliphatic heterocycles. The Bertz CT molecular complexity index is 939. The number of aromatic hydroxyl groups is 1. The summed E-state index contributed by atoms with van der Waals surface area (Å²) in [5.74, 6) is -0.658. The number of benzene rings is 1. The van der Waals surface area contributed by atoms with E-state index in [0.29, 0.717) is 17.0 Å². The van der Waals surface area contributed by atoms with E-state index in [2.05, 4.69) is 10.1 Å². The molecule has 0 saturated heterocycles. The first-order chi connectivity index (χ1) is 11.0. The van der Waals surface area contributed by atoms with Gasteiger partial charge in [-0.1, -0.05) is 35.5 Å². The second kappa shape index (κ2) is 5.57. The zero-order valence-electron chi connectivity index (χ0n) is 12.6. The Labute approximate surface area is 131 Å². The van der Waals surface area contributed by atoms with E-state index in [0.717, 1.165) is 0 Å². The number of aryl methyl sites for hydroxylation is 1. The highest BCUT2D eigenvalue weighted by Gasteiger charge is 2.24. The summed E-state index contributed by atoms with van der Waals surface area (Å²) < 4.78 is 5.22. The maximum absolute atomic E-state index is 12.2. The van der Waals surface area contributed by atoms with Gasteiger partial charge in [-0.15, -0.1) is 0 Å². The number of nitrogens with zero attached hydrogens (tertiary/aromatic N) is 1. The number of aromatic amines is 1. The molecule has 2 heterocycles. The predicted molar refractivity (Wildman–Crippen MR) is 84.4 cm³/mol. The molecular formula is C17H14N2O4. The molecule has 116 valence electrons. The van der Waals surface area contributed by atoms with Crippen molar-refractivity contribution < 1.29 is 14.4 Å². The van der Waals surface area contributed by atoms with Crippen molar-refractivity contribution in [1.82, 2.24) is 10.1 Å². The van der Waals surface area contributed by atoms with Crippen molar-refractivity contribution >= 4 is 5.78 Å². The number of rotatable bonds is 3. The van der Waals surface area contributed by atoms with E-state index >= 15 is 0 Å². The zero-order chi connectivity index (χ0) is 16.6. The topological polar surface area (TPSA) is 96.2 Å². The molecule has 0 unspecified atom stereocenters. The summed E-state index contributed by atoms with van der Waals surface area (Å²) in [5.41, 5.74) is 0.964. The van der Waals surface area contributed by atoms with Gasteiger partial charge < -0.3 is 14.6 Å². The summed E-state index contributed by atoms with van der Waals surface area (Å²) in [7, 11) is 0. The van der Waals surface area contributed by atoms with Crippen LogP contribution >= 0.6 is 0 Å². The number of carbonyl (C=O) groups is 1. The number of Topliss-reactive ketones (excluding diaryl/α,β-unsaturated/α-hetero) is 1. The summed E-state index contributed by atoms with van der Waals surface area (Å²) in [5, 5.41) is 14.3. The minimum absolute atomic E-state index is 0.238. The lowest BCUT2D eigenvalue weighted by molar-refractivity contribution is 0.101. The van der Waals surface area contributed by atoms with E-state index in [-0.39, 0.29) is 16.9 Å². The molecule has 0 aliphatic rings. The summed E-state index contributed by atoms with van der Waals surface area (Å²) >= 11 is 0. The molecule has 6 heteroatoms. The molecule has 23 heavy (non-hydrogen) atoms. The third kappa shape index (κ3) is 2.55. The van der Waals surface area contributed by atoms with Crippen molar-refractivity contribution in [3.8, 4) is 28.3 Å². The Morgan fingerprint density at radius 2 is 1.96 bits per heavy atom. The molecule has 1 aromatic carbocycles. The average Bonchev–Trinajstić information content (AvgIpc) is 2.93. The van der Waals surface area contributed by atoms with Crippen molar-refractivity contribution in [3.05, 3.63) is 58.0 Å².